The van der Waals surface area contributed by atoms with Crippen LogP contribution >= 0.6 is 0 Å². The minimum Gasteiger partial charge on any atom is -0.445 e. The molecular weight excluding hydrogens is 196 g/mol. The molecule has 0 saturated heterocycles. The summed E-state index contributed by atoms with van der Waals surface area (Å²) in [7, 11) is 0. The summed E-state index contributed by atoms with van der Waals surface area (Å²) < 4.78 is 4.70. The maximum absolute atomic E-state index is 11.1. The molecule has 1 amide bonds. The lowest BCUT2D eigenvalue weighted by molar-refractivity contribution is 0.174. The molecule has 0 unspecified atom stereocenters. The fraction of sp³-hybridized carbons (Fsp3) is 0.200. The van der Waals surface area contributed by atoms with Crippen molar-refractivity contribution in [3.05, 3.63) is 36.5 Å². The monoisotopic (exact) mass is 208 g/mol. The number of nitrogens with one attached hydrogen (secondary N) is 1. The molecule has 1 heterocycles. The van der Waals surface area contributed by atoms with Gasteiger partial charge in [0.2, 0.25) is 0 Å². The van der Waals surface area contributed by atoms with Crippen molar-refractivity contribution in [1.29, 1.82) is 0 Å². The van der Waals surface area contributed by atoms with E-state index in [2.05, 4.69) is 16.9 Å². The molecule has 0 aliphatic carbocycles. The van der Waals surface area contributed by atoms with E-state index in [1.165, 1.54) is 12.3 Å². The number of carbonyl (C=O) groups excluding carboxylic acids is 1. The topological polar surface area (TPSA) is 71.5 Å². The highest BCUT2D eigenvalue weighted by Crippen LogP contribution is 2.06. The van der Waals surface area contributed by atoms with Crippen LogP contribution in [0.15, 0.2) is 31.0 Å². The number of ether oxygens (including phenoxy) is 1. The van der Waals surface area contributed by atoms with Gasteiger partial charge in [-0.05, 0) is 17.7 Å². The molecule has 1 aromatic heterocycles. The van der Waals surface area contributed by atoms with E-state index >= 15 is 0 Å². The van der Waals surface area contributed by atoms with Crippen molar-refractivity contribution >= 4 is 11.9 Å². The summed E-state index contributed by atoms with van der Waals surface area (Å²) in [5, 5.41) is 11.3. The summed E-state index contributed by atoms with van der Waals surface area (Å²) in [4.78, 5) is 15.0. The fourth-order valence-electron chi connectivity index (χ4n) is 0.916. The summed E-state index contributed by atoms with van der Waals surface area (Å²) in [6.07, 6.45) is 2.36. The maximum atomic E-state index is 11.1. The van der Waals surface area contributed by atoms with Crippen LogP contribution in [0, 0.1) is 0 Å². The van der Waals surface area contributed by atoms with E-state index in [1.54, 1.807) is 12.1 Å². The van der Waals surface area contributed by atoms with Gasteiger partial charge in [0.15, 0.2) is 0 Å². The summed E-state index contributed by atoms with van der Waals surface area (Å²) in [5.74, 6) is 0.343. The molecule has 0 aliphatic rings. The van der Waals surface area contributed by atoms with Gasteiger partial charge in [0, 0.05) is 6.20 Å². The van der Waals surface area contributed by atoms with Crippen LogP contribution in [0.3, 0.4) is 0 Å². The third-order valence-corrected chi connectivity index (χ3v) is 1.57. The van der Waals surface area contributed by atoms with E-state index in [0.29, 0.717) is 11.4 Å². The largest absolute Gasteiger partial charge is 0.445 e. The molecule has 0 bridgehead atoms. The van der Waals surface area contributed by atoms with Crippen molar-refractivity contribution in [2.45, 2.75) is 6.61 Å². The number of aliphatic hydroxyl groups is 1. The highest BCUT2D eigenvalue weighted by molar-refractivity contribution is 5.83. The second-order valence-electron chi connectivity index (χ2n) is 2.72. The van der Waals surface area contributed by atoms with E-state index < -0.39 is 6.09 Å². The first-order valence-corrected chi connectivity index (χ1v) is 4.36. The van der Waals surface area contributed by atoms with Gasteiger partial charge in [0.25, 0.3) is 0 Å². The number of nitrogens with zero attached hydrogens (tertiary/aromatic N) is 1. The van der Waals surface area contributed by atoms with E-state index in [4.69, 9.17) is 9.84 Å². The zero-order valence-corrected chi connectivity index (χ0v) is 8.14. The molecule has 5 nitrogen and oxygen atoms in total. The number of hydrogen-bond acceptors (Lipinski definition) is 4. The first-order chi connectivity index (χ1) is 7.26. The molecule has 0 atom stereocenters. The predicted molar refractivity (Wildman–Crippen MR) is 55.3 cm³/mol. The molecule has 0 radical (unpaired) electrons. The van der Waals surface area contributed by atoms with Crippen molar-refractivity contribution < 1.29 is 14.6 Å². The van der Waals surface area contributed by atoms with E-state index in [1.807, 2.05) is 0 Å². The second kappa shape index (κ2) is 5.77. The Hall–Kier alpha value is -1.88. The Balaban J connectivity index is 2.55. The van der Waals surface area contributed by atoms with Gasteiger partial charge in [-0.3, -0.25) is 5.32 Å². The van der Waals surface area contributed by atoms with Crippen molar-refractivity contribution in [1.82, 2.24) is 4.98 Å². The van der Waals surface area contributed by atoms with Crippen molar-refractivity contribution in [3.8, 4) is 0 Å². The lowest BCUT2D eigenvalue weighted by atomic mass is 10.3. The van der Waals surface area contributed by atoms with Crippen LogP contribution in [0.5, 0.6) is 0 Å². The average molecular weight is 208 g/mol. The van der Waals surface area contributed by atoms with Crippen LogP contribution in [0.4, 0.5) is 10.6 Å². The lowest BCUT2D eigenvalue weighted by Crippen LogP contribution is -2.14. The summed E-state index contributed by atoms with van der Waals surface area (Å²) in [6.45, 7) is 3.46. The van der Waals surface area contributed by atoms with E-state index in [0.717, 1.165) is 0 Å². The number of rotatable bonds is 4. The lowest BCUT2D eigenvalue weighted by Gasteiger charge is -2.04. The number of anilines is 1. The minimum absolute atomic E-state index is 0.0983. The normalized spacial score (nSPS) is 9.40. The Labute approximate surface area is 87.4 Å². The number of pyridine rings is 1. The van der Waals surface area contributed by atoms with Gasteiger partial charge in [0.05, 0.1) is 6.61 Å². The zero-order valence-electron chi connectivity index (χ0n) is 8.14. The van der Waals surface area contributed by atoms with E-state index in [-0.39, 0.29) is 13.2 Å². The van der Waals surface area contributed by atoms with Gasteiger partial charge >= 0.3 is 6.09 Å². The molecule has 0 aromatic carbocycles. The molecule has 0 saturated carbocycles. The summed E-state index contributed by atoms with van der Waals surface area (Å²) in [6, 6.07) is 3.22. The van der Waals surface area contributed by atoms with Gasteiger partial charge in [-0.1, -0.05) is 12.7 Å². The van der Waals surface area contributed by atoms with Gasteiger partial charge in [-0.2, -0.15) is 0 Å². The number of amides is 1. The van der Waals surface area contributed by atoms with Crippen LogP contribution < -0.4 is 5.32 Å². The van der Waals surface area contributed by atoms with Crippen LogP contribution in [0.25, 0.3) is 0 Å². The van der Waals surface area contributed by atoms with Gasteiger partial charge in [-0.25, -0.2) is 9.78 Å². The van der Waals surface area contributed by atoms with Crippen molar-refractivity contribution in [2.24, 2.45) is 0 Å². The van der Waals surface area contributed by atoms with Crippen LogP contribution in [0.1, 0.15) is 5.56 Å². The predicted octanol–water partition coefficient (Wildman–Crippen LogP) is 1.31. The van der Waals surface area contributed by atoms with Crippen LogP contribution in [-0.2, 0) is 11.3 Å². The maximum Gasteiger partial charge on any atom is 0.413 e. The first-order valence-electron chi connectivity index (χ1n) is 4.36. The molecule has 2 N–H and O–H groups in total. The molecule has 80 valence electrons. The number of hydrogen-bond donors (Lipinski definition) is 2. The van der Waals surface area contributed by atoms with Gasteiger partial charge in [-0.15, -0.1) is 0 Å². The molecule has 15 heavy (non-hydrogen) atoms. The molecular formula is C10H12N2O3. The third-order valence-electron chi connectivity index (χ3n) is 1.57. The highest BCUT2D eigenvalue weighted by Gasteiger charge is 2.03. The van der Waals surface area contributed by atoms with Gasteiger partial charge in [0.1, 0.15) is 12.4 Å². The molecule has 0 aliphatic heterocycles. The fourth-order valence-corrected chi connectivity index (χ4v) is 0.916. The van der Waals surface area contributed by atoms with Gasteiger partial charge < -0.3 is 9.84 Å². The Morgan fingerprint density at radius 3 is 3.20 bits per heavy atom. The SMILES string of the molecule is C=CCOC(=O)Nc1cc(CO)ccn1. The molecule has 1 aromatic rings. The Morgan fingerprint density at radius 2 is 2.53 bits per heavy atom. The Morgan fingerprint density at radius 1 is 1.73 bits per heavy atom. The van der Waals surface area contributed by atoms with Crippen molar-refractivity contribution in [3.63, 3.8) is 0 Å². The average Bonchev–Trinajstić information content (AvgIpc) is 2.26. The van der Waals surface area contributed by atoms with Crippen molar-refractivity contribution in [2.75, 3.05) is 11.9 Å². The summed E-state index contributed by atoms with van der Waals surface area (Å²) >= 11 is 0. The number of aromatic nitrogens is 1. The van der Waals surface area contributed by atoms with Crippen LogP contribution in [0.2, 0.25) is 0 Å². The molecule has 0 spiro atoms. The highest BCUT2D eigenvalue weighted by atomic mass is 16.5. The van der Waals surface area contributed by atoms with Crippen LogP contribution in [-0.4, -0.2) is 22.8 Å². The standard InChI is InChI=1S/C10H12N2O3/c1-2-5-15-10(14)12-9-6-8(7-13)3-4-11-9/h2-4,6,13H,1,5,7H2,(H,11,12,14). The Kier molecular flexibility index (Phi) is 4.30. The smallest absolute Gasteiger partial charge is 0.413 e. The Bertz CT molecular complexity index is 352. The molecule has 5 heteroatoms. The molecule has 1 rings (SSSR count). The number of aliphatic hydroxyl groups excluding tert-OH is 1. The minimum atomic E-state index is -0.600. The zero-order chi connectivity index (χ0) is 11.1. The summed E-state index contributed by atoms with van der Waals surface area (Å²) in [5.41, 5.74) is 0.670. The quantitative estimate of drug-likeness (QED) is 0.732. The van der Waals surface area contributed by atoms with E-state index in [9.17, 15) is 4.79 Å². The second-order valence-corrected chi connectivity index (χ2v) is 2.72. The number of carbonyl (C=O) groups is 1. The first kappa shape index (κ1) is 11.2. The third kappa shape index (κ3) is 3.78. The molecule has 0 fully saturated rings.